The molecule has 2 unspecified atom stereocenters. The molecule has 19 heavy (non-hydrogen) atoms. The molecule has 0 saturated carbocycles. The molecule has 0 spiro atoms. The SMILES string of the molecule is CCNc1cc(N2CCC(C)C(O)C2)nc(SC)n1. The van der Waals surface area contributed by atoms with Crippen LogP contribution in [0.4, 0.5) is 11.6 Å². The molecule has 1 aliphatic heterocycles. The quantitative estimate of drug-likeness (QED) is 0.649. The van der Waals surface area contributed by atoms with Gasteiger partial charge in [-0.1, -0.05) is 18.7 Å². The first-order chi connectivity index (χ1) is 9.13. The van der Waals surface area contributed by atoms with E-state index in [4.69, 9.17) is 0 Å². The third-order valence-corrected chi connectivity index (χ3v) is 4.02. The molecule has 2 rings (SSSR count). The molecule has 2 heterocycles. The lowest BCUT2D eigenvalue weighted by atomic mass is 9.96. The van der Waals surface area contributed by atoms with Crippen molar-refractivity contribution < 1.29 is 5.11 Å². The molecule has 0 bridgehead atoms. The maximum absolute atomic E-state index is 10.0. The second-order valence-corrected chi connectivity index (χ2v) is 5.68. The van der Waals surface area contributed by atoms with Crippen LogP contribution in [-0.4, -0.2) is 47.1 Å². The summed E-state index contributed by atoms with van der Waals surface area (Å²) in [4.78, 5) is 11.1. The largest absolute Gasteiger partial charge is 0.391 e. The summed E-state index contributed by atoms with van der Waals surface area (Å²) in [6, 6.07) is 1.96. The van der Waals surface area contributed by atoms with Crippen LogP contribution in [0.3, 0.4) is 0 Å². The van der Waals surface area contributed by atoms with Gasteiger partial charge in [0.2, 0.25) is 0 Å². The molecule has 0 aromatic carbocycles. The molecule has 1 aliphatic rings. The van der Waals surface area contributed by atoms with Crippen LogP contribution < -0.4 is 10.2 Å². The number of piperidine rings is 1. The molecule has 0 amide bonds. The minimum absolute atomic E-state index is 0.274. The summed E-state index contributed by atoms with van der Waals surface area (Å²) in [5, 5.41) is 14.0. The zero-order valence-electron chi connectivity index (χ0n) is 11.8. The Morgan fingerprint density at radius 1 is 1.53 bits per heavy atom. The summed E-state index contributed by atoms with van der Waals surface area (Å²) in [5.74, 6) is 2.12. The van der Waals surface area contributed by atoms with Gasteiger partial charge in [0.25, 0.3) is 0 Å². The van der Waals surface area contributed by atoms with Crippen LogP contribution in [0.2, 0.25) is 0 Å². The molecule has 0 aliphatic carbocycles. The van der Waals surface area contributed by atoms with Gasteiger partial charge in [0.1, 0.15) is 11.6 Å². The maximum Gasteiger partial charge on any atom is 0.191 e. The van der Waals surface area contributed by atoms with Crippen LogP contribution in [0.5, 0.6) is 0 Å². The first-order valence-electron chi connectivity index (χ1n) is 6.74. The summed E-state index contributed by atoms with van der Waals surface area (Å²) in [7, 11) is 0. The van der Waals surface area contributed by atoms with Crippen molar-refractivity contribution in [2.75, 3.05) is 36.1 Å². The number of nitrogens with zero attached hydrogens (tertiary/aromatic N) is 3. The lowest BCUT2D eigenvalue weighted by molar-refractivity contribution is 0.102. The second kappa shape index (κ2) is 6.43. The van der Waals surface area contributed by atoms with Gasteiger partial charge in [-0.3, -0.25) is 0 Å². The van der Waals surface area contributed by atoms with Gasteiger partial charge in [-0.25, -0.2) is 9.97 Å². The molecule has 1 aromatic heterocycles. The smallest absolute Gasteiger partial charge is 0.191 e. The van der Waals surface area contributed by atoms with E-state index in [0.717, 1.165) is 36.3 Å². The summed E-state index contributed by atoms with van der Waals surface area (Å²) < 4.78 is 0. The molecule has 1 fully saturated rings. The van der Waals surface area contributed by atoms with E-state index in [-0.39, 0.29) is 6.10 Å². The Labute approximate surface area is 118 Å². The number of aromatic nitrogens is 2. The van der Waals surface area contributed by atoms with Crippen molar-refractivity contribution in [2.45, 2.75) is 31.5 Å². The van der Waals surface area contributed by atoms with Crippen molar-refractivity contribution in [3.05, 3.63) is 6.07 Å². The highest BCUT2D eigenvalue weighted by atomic mass is 32.2. The number of aliphatic hydroxyl groups excluding tert-OH is 1. The first kappa shape index (κ1) is 14.4. The minimum atomic E-state index is -0.274. The Kier molecular flexibility index (Phi) is 4.87. The Hall–Kier alpha value is -1.01. The molecular weight excluding hydrogens is 260 g/mol. The number of anilines is 2. The Balaban J connectivity index is 2.20. The highest BCUT2D eigenvalue weighted by Gasteiger charge is 2.25. The predicted molar refractivity (Wildman–Crippen MR) is 80.0 cm³/mol. The molecular formula is C13H22N4OS. The predicted octanol–water partition coefficient (Wildman–Crippen LogP) is 1.84. The topological polar surface area (TPSA) is 61.3 Å². The highest BCUT2D eigenvalue weighted by Crippen LogP contribution is 2.25. The third kappa shape index (κ3) is 3.51. The average molecular weight is 282 g/mol. The number of aliphatic hydroxyl groups is 1. The summed E-state index contributed by atoms with van der Waals surface area (Å²) >= 11 is 1.54. The fourth-order valence-electron chi connectivity index (χ4n) is 2.19. The van der Waals surface area contributed by atoms with Crippen LogP contribution in [0.25, 0.3) is 0 Å². The van der Waals surface area contributed by atoms with E-state index in [2.05, 4.69) is 27.1 Å². The van der Waals surface area contributed by atoms with E-state index in [9.17, 15) is 5.11 Å². The zero-order valence-corrected chi connectivity index (χ0v) is 12.6. The number of hydrogen-bond donors (Lipinski definition) is 2. The molecule has 1 saturated heterocycles. The van der Waals surface area contributed by atoms with E-state index >= 15 is 0 Å². The summed E-state index contributed by atoms with van der Waals surface area (Å²) in [5.41, 5.74) is 0. The van der Waals surface area contributed by atoms with Crippen molar-refractivity contribution in [3.8, 4) is 0 Å². The zero-order chi connectivity index (χ0) is 13.8. The van der Waals surface area contributed by atoms with E-state index in [0.29, 0.717) is 12.5 Å². The van der Waals surface area contributed by atoms with E-state index in [1.165, 1.54) is 11.8 Å². The molecule has 106 valence electrons. The van der Waals surface area contributed by atoms with E-state index < -0.39 is 0 Å². The molecule has 2 atom stereocenters. The number of rotatable bonds is 4. The second-order valence-electron chi connectivity index (χ2n) is 4.91. The van der Waals surface area contributed by atoms with Gasteiger partial charge >= 0.3 is 0 Å². The number of hydrogen-bond acceptors (Lipinski definition) is 6. The van der Waals surface area contributed by atoms with Crippen molar-refractivity contribution in [1.82, 2.24) is 9.97 Å². The number of β-amino-alcohol motifs (C(OH)–C–C–N with tert-alkyl or cyclic N) is 1. The molecule has 2 N–H and O–H groups in total. The monoisotopic (exact) mass is 282 g/mol. The standard InChI is InChI=1S/C13H22N4OS/c1-4-14-11-7-12(16-13(15-11)19-3)17-6-5-9(2)10(18)8-17/h7,9-10,18H,4-6,8H2,1-3H3,(H,14,15,16). The first-order valence-corrected chi connectivity index (χ1v) is 7.96. The van der Waals surface area contributed by atoms with E-state index in [1.54, 1.807) is 0 Å². The Morgan fingerprint density at radius 3 is 2.95 bits per heavy atom. The van der Waals surface area contributed by atoms with Gasteiger partial charge in [0.15, 0.2) is 5.16 Å². The van der Waals surface area contributed by atoms with Gasteiger partial charge < -0.3 is 15.3 Å². The highest BCUT2D eigenvalue weighted by molar-refractivity contribution is 7.98. The van der Waals surface area contributed by atoms with Crippen LogP contribution in [0, 0.1) is 5.92 Å². The van der Waals surface area contributed by atoms with Crippen LogP contribution in [-0.2, 0) is 0 Å². The van der Waals surface area contributed by atoms with Crippen molar-refractivity contribution in [1.29, 1.82) is 0 Å². The van der Waals surface area contributed by atoms with Crippen LogP contribution >= 0.6 is 11.8 Å². The molecule has 6 heteroatoms. The minimum Gasteiger partial charge on any atom is -0.391 e. The molecule has 0 radical (unpaired) electrons. The average Bonchev–Trinajstić information content (AvgIpc) is 2.42. The molecule has 5 nitrogen and oxygen atoms in total. The van der Waals surface area contributed by atoms with Crippen LogP contribution in [0.1, 0.15) is 20.3 Å². The normalized spacial score (nSPS) is 23.5. The Bertz CT molecular complexity index is 429. The van der Waals surface area contributed by atoms with Crippen molar-refractivity contribution in [3.63, 3.8) is 0 Å². The molecule has 1 aromatic rings. The maximum atomic E-state index is 10.0. The number of nitrogens with one attached hydrogen (secondary N) is 1. The van der Waals surface area contributed by atoms with Gasteiger partial charge in [0.05, 0.1) is 6.10 Å². The summed E-state index contributed by atoms with van der Waals surface area (Å²) in [6.45, 7) is 6.57. The lowest BCUT2D eigenvalue weighted by Gasteiger charge is -2.35. The van der Waals surface area contributed by atoms with Crippen molar-refractivity contribution in [2.24, 2.45) is 5.92 Å². The third-order valence-electron chi connectivity index (χ3n) is 3.48. The Morgan fingerprint density at radius 2 is 2.32 bits per heavy atom. The van der Waals surface area contributed by atoms with Gasteiger partial charge in [-0.2, -0.15) is 0 Å². The van der Waals surface area contributed by atoms with Crippen molar-refractivity contribution >= 4 is 23.4 Å². The van der Waals surface area contributed by atoms with E-state index in [1.807, 2.05) is 19.2 Å². The van der Waals surface area contributed by atoms with Gasteiger partial charge in [0, 0.05) is 25.7 Å². The summed E-state index contributed by atoms with van der Waals surface area (Å²) in [6.07, 6.45) is 2.70. The van der Waals surface area contributed by atoms with Crippen LogP contribution in [0.15, 0.2) is 11.2 Å². The fraction of sp³-hybridized carbons (Fsp3) is 0.692. The lowest BCUT2D eigenvalue weighted by Crippen LogP contribution is -2.43. The fourth-order valence-corrected chi connectivity index (χ4v) is 2.57. The van der Waals surface area contributed by atoms with Gasteiger partial charge in [-0.15, -0.1) is 0 Å². The number of thioether (sulfide) groups is 1. The van der Waals surface area contributed by atoms with Gasteiger partial charge in [-0.05, 0) is 25.5 Å².